The fourth-order valence-corrected chi connectivity index (χ4v) is 1.50. The van der Waals surface area contributed by atoms with Gasteiger partial charge in [0.1, 0.15) is 0 Å². The van der Waals surface area contributed by atoms with Crippen molar-refractivity contribution in [3.63, 3.8) is 0 Å². The minimum Gasteiger partial charge on any atom is -0.466 e. The van der Waals surface area contributed by atoms with E-state index in [2.05, 4.69) is 0 Å². The molecule has 15 heavy (non-hydrogen) atoms. The summed E-state index contributed by atoms with van der Waals surface area (Å²) in [4.78, 5) is 11.1. The number of esters is 1. The lowest BCUT2D eigenvalue weighted by molar-refractivity contribution is -0.143. The fraction of sp³-hybridized carbons (Fsp3) is 0.364. The van der Waals surface area contributed by atoms with Gasteiger partial charge in [-0.25, -0.2) is 0 Å². The molecule has 0 aliphatic heterocycles. The summed E-state index contributed by atoms with van der Waals surface area (Å²) in [6, 6.07) is 5.35. The van der Waals surface area contributed by atoms with Crippen LogP contribution in [0.2, 0.25) is 10.0 Å². The van der Waals surface area contributed by atoms with Crippen LogP contribution >= 0.6 is 23.2 Å². The van der Waals surface area contributed by atoms with Crippen molar-refractivity contribution in [3.8, 4) is 0 Å². The first kappa shape index (κ1) is 12.3. The van der Waals surface area contributed by atoms with Gasteiger partial charge in [-0.2, -0.15) is 0 Å². The third-order valence-electron chi connectivity index (χ3n) is 1.91. The zero-order valence-corrected chi connectivity index (χ0v) is 9.94. The Hall–Kier alpha value is -0.730. The van der Waals surface area contributed by atoms with E-state index in [0.717, 1.165) is 5.56 Å². The Balaban J connectivity index is 2.51. The third kappa shape index (κ3) is 4.10. The average molecular weight is 247 g/mol. The second-order valence-electron chi connectivity index (χ2n) is 3.05. The minimum absolute atomic E-state index is 0.191. The highest BCUT2D eigenvalue weighted by Crippen LogP contribution is 2.23. The van der Waals surface area contributed by atoms with Crippen molar-refractivity contribution < 1.29 is 9.53 Å². The molecule has 1 aromatic carbocycles. The monoisotopic (exact) mass is 246 g/mol. The SMILES string of the molecule is CCOC(=O)CCc1ccc(Cl)c(Cl)c1. The van der Waals surface area contributed by atoms with E-state index in [1.165, 1.54) is 0 Å². The highest BCUT2D eigenvalue weighted by atomic mass is 35.5. The zero-order chi connectivity index (χ0) is 11.3. The molecule has 0 amide bonds. The molecule has 1 rings (SSSR count). The summed E-state index contributed by atoms with van der Waals surface area (Å²) in [6.45, 7) is 2.21. The van der Waals surface area contributed by atoms with Gasteiger partial charge in [-0.05, 0) is 31.0 Å². The van der Waals surface area contributed by atoms with Gasteiger partial charge in [0.2, 0.25) is 0 Å². The molecule has 4 heteroatoms. The Morgan fingerprint density at radius 3 is 2.67 bits per heavy atom. The van der Waals surface area contributed by atoms with Gasteiger partial charge >= 0.3 is 5.97 Å². The Morgan fingerprint density at radius 2 is 2.07 bits per heavy atom. The Morgan fingerprint density at radius 1 is 1.33 bits per heavy atom. The van der Waals surface area contributed by atoms with Crippen molar-refractivity contribution in [1.29, 1.82) is 0 Å². The Bertz CT molecular complexity index is 350. The van der Waals surface area contributed by atoms with Gasteiger partial charge in [-0.3, -0.25) is 4.79 Å². The summed E-state index contributed by atoms with van der Waals surface area (Å²) >= 11 is 11.6. The maximum atomic E-state index is 11.1. The van der Waals surface area contributed by atoms with E-state index >= 15 is 0 Å². The van der Waals surface area contributed by atoms with Crippen molar-refractivity contribution in [2.45, 2.75) is 19.8 Å². The first-order chi connectivity index (χ1) is 7.13. The van der Waals surface area contributed by atoms with Crippen LogP contribution in [0, 0.1) is 0 Å². The van der Waals surface area contributed by atoms with Crippen LogP contribution in [-0.2, 0) is 16.0 Å². The number of rotatable bonds is 4. The van der Waals surface area contributed by atoms with E-state index < -0.39 is 0 Å². The number of carbonyl (C=O) groups is 1. The molecular formula is C11H12Cl2O2. The minimum atomic E-state index is -0.191. The highest BCUT2D eigenvalue weighted by molar-refractivity contribution is 6.42. The molecule has 0 unspecified atom stereocenters. The van der Waals surface area contributed by atoms with Crippen LogP contribution in [0.1, 0.15) is 18.9 Å². The number of benzene rings is 1. The van der Waals surface area contributed by atoms with Crippen molar-refractivity contribution in [2.75, 3.05) is 6.61 Å². The van der Waals surface area contributed by atoms with Gasteiger partial charge in [0.25, 0.3) is 0 Å². The molecule has 0 bridgehead atoms. The molecular weight excluding hydrogens is 235 g/mol. The molecule has 0 aromatic heterocycles. The molecule has 2 nitrogen and oxygen atoms in total. The van der Waals surface area contributed by atoms with Crippen LogP contribution in [0.4, 0.5) is 0 Å². The van der Waals surface area contributed by atoms with E-state index in [4.69, 9.17) is 27.9 Å². The quantitative estimate of drug-likeness (QED) is 0.761. The smallest absolute Gasteiger partial charge is 0.306 e. The van der Waals surface area contributed by atoms with Crippen LogP contribution in [0.15, 0.2) is 18.2 Å². The number of hydrogen-bond donors (Lipinski definition) is 0. The first-order valence-corrected chi connectivity index (χ1v) is 5.48. The Kier molecular flexibility index (Phi) is 4.92. The van der Waals surface area contributed by atoms with Gasteiger partial charge in [0.15, 0.2) is 0 Å². The second kappa shape index (κ2) is 5.99. The standard InChI is InChI=1S/C11H12Cl2O2/c1-2-15-11(14)6-4-8-3-5-9(12)10(13)7-8/h3,5,7H,2,4,6H2,1H3. The van der Waals surface area contributed by atoms with Gasteiger partial charge in [-0.1, -0.05) is 29.3 Å². The number of hydrogen-bond acceptors (Lipinski definition) is 2. The molecule has 0 heterocycles. The third-order valence-corrected chi connectivity index (χ3v) is 2.65. The topological polar surface area (TPSA) is 26.3 Å². The molecule has 0 atom stereocenters. The molecule has 82 valence electrons. The number of halogens is 2. The zero-order valence-electron chi connectivity index (χ0n) is 8.43. The summed E-state index contributed by atoms with van der Waals surface area (Å²) in [5.74, 6) is -0.191. The lowest BCUT2D eigenvalue weighted by Gasteiger charge is -2.03. The van der Waals surface area contributed by atoms with Crippen LogP contribution in [0.5, 0.6) is 0 Å². The van der Waals surface area contributed by atoms with E-state index in [0.29, 0.717) is 29.5 Å². The van der Waals surface area contributed by atoms with Gasteiger partial charge < -0.3 is 4.74 Å². The molecule has 0 aliphatic rings. The van der Waals surface area contributed by atoms with Crippen LogP contribution < -0.4 is 0 Å². The number of aryl methyl sites for hydroxylation is 1. The molecule has 0 aliphatic carbocycles. The van der Waals surface area contributed by atoms with Crippen LogP contribution in [-0.4, -0.2) is 12.6 Å². The van der Waals surface area contributed by atoms with E-state index in [1.807, 2.05) is 6.07 Å². The van der Waals surface area contributed by atoms with Gasteiger partial charge in [0.05, 0.1) is 16.7 Å². The van der Waals surface area contributed by atoms with E-state index in [9.17, 15) is 4.79 Å². The normalized spacial score (nSPS) is 10.1. The first-order valence-electron chi connectivity index (χ1n) is 4.73. The molecule has 0 N–H and O–H groups in total. The average Bonchev–Trinajstić information content (AvgIpc) is 2.20. The van der Waals surface area contributed by atoms with Gasteiger partial charge in [-0.15, -0.1) is 0 Å². The largest absolute Gasteiger partial charge is 0.466 e. The van der Waals surface area contributed by atoms with E-state index in [1.54, 1.807) is 19.1 Å². The maximum Gasteiger partial charge on any atom is 0.306 e. The van der Waals surface area contributed by atoms with Crippen molar-refractivity contribution in [1.82, 2.24) is 0 Å². The number of ether oxygens (including phenoxy) is 1. The van der Waals surface area contributed by atoms with Crippen molar-refractivity contribution in [3.05, 3.63) is 33.8 Å². The van der Waals surface area contributed by atoms with E-state index in [-0.39, 0.29) is 5.97 Å². The summed E-state index contributed by atoms with van der Waals surface area (Å²) < 4.78 is 4.82. The predicted octanol–water partition coefficient (Wildman–Crippen LogP) is 3.49. The van der Waals surface area contributed by atoms with Crippen molar-refractivity contribution >= 4 is 29.2 Å². The summed E-state index contributed by atoms with van der Waals surface area (Å²) in [5.41, 5.74) is 0.984. The van der Waals surface area contributed by atoms with Crippen LogP contribution in [0.25, 0.3) is 0 Å². The molecule has 1 aromatic rings. The maximum absolute atomic E-state index is 11.1. The molecule has 0 fully saturated rings. The lowest BCUT2D eigenvalue weighted by atomic mass is 10.1. The predicted molar refractivity (Wildman–Crippen MR) is 61.4 cm³/mol. The number of carbonyl (C=O) groups excluding carboxylic acids is 1. The summed E-state index contributed by atoms with van der Waals surface area (Å²) in [7, 11) is 0. The van der Waals surface area contributed by atoms with Crippen LogP contribution in [0.3, 0.4) is 0 Å². The fourth-order valence-electron chi connectivity index (χ4n) is 1.17. The second-order valence-corrected chi connectivity index (χ2v) is 3.87. The highest BCUT2D eigenvalue weighted by Gasteiger charge is 2.04. The molecule has 0 saturated carbocycles. The van der Waals surface area contributed by atoms with Gasteiger partial charge in [0, 0.05) is 6.42 Å². The Labute approximate surface area is 99.1 Å². The van der Waals surface area contributed by atoms with Crippen molar-refractivity contribution in [2.24, 2.45) is 0 Å². The lowest BCUT2D eigenvalue weighted by Crippen LogP contribution is -2.05. The summed E-state index contributed by atoms with van der Waals surface area (Å²) in [6.07, 6.45) is 0.988. The summed E-state index contributed by atoms with van der Waals surface area (Å²) in [5, 5.41) is 1.04. The molecule has 0 saturated heterocycles. The molecule has 0 radical (unpaired) electrons. The molecule has 0 spiro atoms.